The molecule has 2 atom stereocenters. The first-order valence-corrected chi connectivity index (χ1v) is 6.75. The molecule has 1 aliphatic heterocycles. The number of nitriles is 1. The van der Waals surface area contributed by atoms with Crippen LogP contribution in [0.4, 0.5) is 5.69 Å². The Hall–Kier alpha value is -1.24. The molecule has 1 aliphatic carbocycles. The van der Waals surface area contributed by atoms with E-state index in [1.54, 1.807) is 12.1 Å². The zero-order chi connectivity index (χ0) is 12.5. The zero-order valence-electron chi connectivity index (χ0n) is 10.1. The lowest BCUT2D eigenvalue weighted by atomic mass is 10.1. The van der Waals surface area contributed by atoms with Gasteiger partial charge in [0, 0.05) is 11.6 Å². The standard InChI is InChI=1S/C14H15ClN2O/c15-11-5-4-10(9-16)13(8-11)17-6-7-18-14-3-1-2-12(14)17/h4-5,8,12,14H,1-3,6-7H2. The summed E-state index contributed by atoms with van der Waals surface area (Å²) in [5.41, 5.74) is 1.66. The number of ether oxygens (including phenoxy) is 1. The van der Waals surface area contributed by atoms with Crippen molar-refractivity contribution in [1.82, 2.24) is 0 Å². The van der Waals surface area contributed by atoms with E-state index in [1.807, 2.05) is 6.07 Å². The average molecular weight is 263 g/mol. The Balaban J connectivity index is 1.98. The molecule has 94 valence electrons. The van der Waals surface area contributed by atoms with Gasteiger partial charge in [-0.15, -0.1) is 0 Å². The maximum Gasteiger partial charge on any atom is 0.101 e. The molecular formula is C14H15ClN2O. The number of anilines is 1. The molecule has 0 aromatic heterocycles. The lowest BCUT2D eigenvalue weighted by Crippen LogP contribution is -2.48. The third-order valence-corrected chi connectivity index (χ3v) is 4.11. The number of hydrogen-bond donors (Lipinski definition) is 0. The summed E-state index contributed by atoms with van der Waals surface area (Å²) in [6, 6.07) is 8.15. The Morgan fingerprint density at radius 2 is 2.28 bits per heavy atom. The van der Waals surface area contributed by atoms with Gasteiger partial charge in [0.25, 0.3) is 0 Å². The fourth-order valence-corrected chi connectivity index (χ4v) is 3.23. The van der Waals surface area contributed by atoms with Crippen LogP contribution >= 0.6 is 11.6 Å². The van der Waals surface area contributed by atoms with Gasteiger partial charge in [-0.1, -0.05) is 11.6 Å². The van der Waals surface area contributed by atoms with E-state index >= 15 is 0 Å². The second kappa shape index (κ2) is 4.79. The molecule has 2 unspecified atom stereocenters. The van der Waals surface area contributed by atoms with Gasteiger partial charge in [-0.05, 0) is 37.5 Å². The van der Waals surface area contributed by atoms with Crippen LogP contribution in [0, 0.1) is 11.3 Å². The lowest BCUT2D eigenvalue weighted by molar-refractivity contribution is 0.0256. The van der Waals surface area contributed by atoms with Crippen molar-refractivity contribution >= 4 is 17.3 Å². The molecule has 2 fully saturated rings. The first-order valence-electron chi connectivity index (χ1n) is 6.37. The third-order valence-electron chi connectivity index (χ3n) is 3.87. The van der Waals surface area contributed by atoms with Crippen molar-refractivity contribution in [3.05, 3.63) is 28.8 Å². The minimum Gasteiger partial charge on any atom is -0.374 e. The first kappa shape index (κ1) is 11.8. The van der Waals surface area contributed by atoms with Gasteiger partial charge in [-0.3, -0.25) is 0 Å². The Morgan fingerprint density at radius 3 is 3.11 bits per heavy atom. The largest absolute Gasteiger partial charge is 0.374 e. The third kappa shape index (κ3) is 1.96. The highest BCUT2D eigenvalue weighted by molar-refractivity contribution is 6.30. The fraction of sp³-hybridized carbons (Fsp3) is 0.500. The predicted molar refractivity (Wildman–Crippen MR) is 70.9 cm³/mol. The van der Waals surface area contributed by atoms with E-state index in [4.69, 9.17) is 16.3 Å². The molecule has 0 spiro atoms. The van der Waals surface area contributed by atoms with Crippen LogP contribution in [-0.2, 0) is 4.74 Å². The molecule has 1 saturated carbocycles. The van der Waals surface area contributed by atoms with E-state index in [0.717, 1.165) is 31.7 Å². The summed E-state index contributed by atoms with van der Waals surface area (Å²) < 4.78 is 5.80. The van der Waals surface area contributed by atoms with Crippen LogP contribution in [0.2, 0.25) is 5.02 Å². The summed E-state index contributed by atoms with van der Waals surface area (Å²) in [5, 5.41) is 9.91. The Morgan fingerprint density at radius 1 is 1.39 bits per heavy atom. The van der Waals surface area contributed by atoms with Crippen molar-refractivity contribution < 1.29 is 4.74 Å². The van der Waals surface area contributed by atoms with Gasteiger partial charge in [0.1, 0.15) is 6.07 Å². The zero-order valence-corrected chi connectivity index (χ0v) is 10.9. The summed E-state index contributed by atoms with van der Waals surface area (Å²) in [4.78, 5) is 2.31. The summed E-state index contributed by atoms with van der Waals surface area (Å²) in [5.74, 6) is 0. The number of nitrogens with zero attached hydrogens (tertiary/aromatic N) is 2. The van der Waals surface area contributed by atoms with Crippen LogP contribution in [0.3, 0.4) is 0 Å². The molecule has 3 rings (SSSR count). The highest BCUT2D eigenvalue weighted by Gasteiger charge is 2.36. The maximum absolute atomic E-state index is 9.23. The Labute approximate surface area is 112 Å². The van der Waals surface area contributed by atoms with Gasteiger partial charge >= 0.3 is 0 Å². The highest BCUT2D eigenvalue weighted by Crippen LogP contribution is 2.35. The second-order valence-electron chi connectivity index (χ2n) is 4.87. The summed E-state index contributed by atoms with van der Waals surface area (Å²) in [6.45, 7) is 1.58. The van der Waals surface area contributed by atoms with Crippen molar-refractivity contribution in [3.8, 4) is 6.07 Å². The van der Waals surface area contributed by atoms with E-state index in [1.165, 1.54) is 6.42 Å². The molecule has 3 nitrogen and oxygen atoms in total. The molecule has 1 saturated heterocycles. The van der Waals surface area contributed by atoms with Gasteiger partial charge < -0.3 is 9.64 Å². The fourth-order valence-electron chi connectivity index (χ4n) is 3.06. The highest BCUT2D eigenvalue weighted by atomic mass is 35.5. The van der Waals surface area contributed by atoms with E-state index < -0.39 is 0 Å². The van der Waals surface area contributed by atoms with Gasteiger partial charge in [-0.25, -0.2) is 0 Å². The second-order valence-corrected chi connectivity index (χ2v) is 5.31. The number of morpholine rings is 1. The van der Waals surface area contributed by atoms with Crippen LogP contribution in [0.5, 0.6) is 0 Å². The van der Waals surface area contributed by atoms with Gasteiger partial charge in [0.15, 0.2) is 0 Å². The first-order chi connectivity index (χ1) is 8.79. The van der Waals surface area contributed by atoms with Crippen molar-refractivity contribution in [1.29, 1.82) is 5.26 Å². The predicted octanol–water partition coefficient (Wildman–Crippen LogP) is 2.97. The topological polar surface area (TPSA) is 36.3 Å². The normalized spacial score (nSPS) is 26.8. The van der Waals surface area contributed by atoms with Crippen molar-refractivity contribution in [2.24, 2.45) is 0 Å². The van der Waals surface area contributed by atoms with Crippen molar-refractivity contribution in [2.45, 2.75) is 31.4 Å². The molecule has 1 aromatic carbocycles. The number of rotatable bonds is 1. The number of hydrogen-bond acceptors (Lipinski definition) is 3. The lowest BCUT2D eigenvalue weighted by Gasteiger charge is -2.39. The molecule has 0 bridgehead atoms. The average Bonchev–Trinajstić information content (AvgIpc) is 2.86. The molecule has 18 heavy (non-hydrogen) atoms. The number of benzene rings is 1. The Bertz CT molecular complexity index is 497. The van der Waals surface area contributed by atoms with E-state index in [-0.39, 0.29) is 0 Å². The van der Waals surface area contributed by atoms with Crippen LogP contribution in [0.25, 0.3) is 0 Å². The maximum atomic E-state index is 9.23. The van der Waals surface area contributed by atoms with Gasteiger partial charge in [0.05, 0.1) is 30.0 Å². The van der Waals surface area contributed by atoms with Gasteiger partial charge in [0.2, 0.25) is 0 Å². The van der Waals surface area contributed by atoms with E-state index in [0.29, 0.717) is 22.7 Å². The molecule has 4 heteroatoms. The molecule has 1 aromatic rings. The van der Waals surface area contributed by atoms with Crippen molar-refractivity contribution in [2.75, 3.05) is 18.1 Å². The monoisotopic (exact) mass is 262 g/mol. The SMILES string of the molecule is N#Cc1ccc(Cl)cc1N1CCOC2CCCC21. The van der Waals surface area contributed by atoms with Crippen molar-refractivity contribution in [3.63, 3.8) is 0 Å². The minimum atomic E-state index is 0.323. The quantitative estimate of drug-likeness (QED) is 0.781. The molecule has 2 aliphatic rings. The summed E-state index contributed by atoms with van der Waals surface area (Å²) in [7, 11) is 0. The van der Waals surface area contributed by atoms with Gasteiger partial charge in [-0.2, -0.15) is 5.26 Å². The molecular weight excluding hydrogens is 248 g/mol. The van der Waals surface area contributed by atoms with Crippen LogP contribution in [0.1, 0.15) is 24.8 Å². The Kier molecular flexibility index (Phi) is 3.15. The van der Waals surface area contributed by atoms with E-state index in [2.05, 4.69) is 11.0 Å². The van der Waals surface area contributed by atoms with Crippen LogP contribution in [-0.4, -0.2) is 25.3 Å². The molecule has 0 radical (unpaired) electrons. The summed E-state index contributed by atoms with van der Waals surface area (Å²) in [6.07, 6.45) is 3.80. The smallest absolute Gasteiger partial charge is 0.101 e. The molecule has 0 amide bonds. The minimum absolute atomic E-state index is 0.323. The number of halogens is 1. The molecule has 0 N–H and O–H groups in total. The molecule has 1 heterocycles. The summed E-state index contributed by atoms with van der Waals surface area (Å²) >= 11 is 6.07. The van der Waals surface area contributed by atoms with Crippen LogP contribution in [0.15, 0.2) is 18.2 Å². The van der Waals surface area contributed by atoms with E-state index in [9.17, 15) is 5.26 Å². The van der Waals surface area contributed by atoms with Crippen LogP contribution < -0.4 is 4.90 Å². The number of fused-ring (bicyclic) bond motifs is 1.